The zero-order chi connectivity index (χ0) is 15.3. The second kappa shape index (κ2) is 5.80. The van der Waals surface area contributed by atoms with Gasteiger partial charge in [-0.3, -0.25) is 9.07 Å². The van der Waals surface area contributed by atoms with E-state index >= 15 is 0 Å². The molecule has 116 valence electrons. The average molecular weight is 351 g/mol. The van der Waals surface area contributed by atoms with Gasteiger partial charge in [0.25, 0.3) is 0 Å². The van der Waals surface area contributed by atoms with E-state index in [0.717, 1.165) is 29.9 Å². The van der Waals surface area contributed by atoms with Gasteiger partial charge in [0.05, 0.1) is 11.7 Å². The van der Waals surface area contributed by atoms with Gasteiger partial charge in [-0.1, -0.05) is 31.7 Å². The number of hydrogen-bond acceptors (Lipinski definition) is 3. The van der Waals surface area contributed by atoms with Crippen LogP contribution in [0.3, 0.4) is 0 Å². The van der Waals surface area contributed by atoms with Gasteiger partial charge in [-0.25, -0.2) is 9.97 Å². The van der Waals surface area contributed by atoms with Gasteiger partial charge < -0.3 is 4.34 Å². The van der Waals surface area contributed by atoms with Gasteiger partial charge >= 0.3 is 0 Å². The van der Waals surface area contributed by atoms with Crippen molar-refractivity contribution in [2.75, 3.05) is 13.1 Å². The van der Waals surface area contributed by atoms with Crippen molar-refractivity contribution in [2.24, 2.45) is 5.92 Å². The van der Waals surface area contributed by atoms with E-state index in [9.17, 15) is 0 Å². The van der Waals surface area contributed by atoms with Crippen molar-refractivity contribution in [1.29, 1.82) is 0 Å². The van der Waals surface area contributed by atoms with Gasteiger partial charge in [-0.05, 0) is 12.0 Å². The minimum Gasteiger partial charge on any atom is -0.309 e. The van der Waals surface area contributed by atoms with Crippen molar-refractivity contribution in [2.45, 2.75) is 19.3 Å². The molecule has 1 aliphatic rings. The summed E-state index contributed by atoms with van der Waals surface area (Å²) in [4.78, 5) is 9.20. The van der Waals surface area contributed by atoms with Crippen LogP contribution >= 0.6 is 26.7 Å². The van der Waals surface area contributed by atoms with Crippen LogP contribution in [0.15, 0.2) is 24.7 Å². The van der Waals surface area contributed by atoms with E-state index in [4.69, 9.17) is 0 Å². The summed E-state index contributed by atoms with van der Waals surface area (Å²) in [6.45, 7) is 4.50. The minimum atomic E-state index is 0.532. The second-order valence-electron chi connectivity index (χ2n) is 5.89. The smallest absolute Gasteiger partial charge is 0.160 e. The van der Waals surface area contributed by atoms with Crippen molar-refractivity contribution >= 4 is 43.6 Å². The summed E-state index contributed by atoms with van der Waals surface area (Å²) >= 11 is 0. The SMILES string of the molecule is CC[C@@H]1CN(P)CC1c1cnc2cnc3c(ccn3PP)n12. The van der Waals surface area contributed by atoms with Crippen LogP contribution in [0.5, 0.6) is 0 Å². The predicted molar refractivity (Wildman–Crippen MR) is 99.7 cm³/mol. The highest BCUT2D eigenvalue weighted by Gasteiger charge is 2.33. The normalized spacial score (nSPS) is 23.6. The lowest BCUT2D eigenvalue weighted by Gasteiger charge is -2.16. The first-order valence-corrected chi connectivity index (χ1v) is 10.8. The van der Waals surface area contributed by atoms with Crippen LogP contribution in [0, 0.1) is 5.92 Å². The summed E-state index contributed by atoms with van der Waals surface area (Å²) in [7, 11) is 6.25. The molecule has 3 aromatic rings. The number of nitrogens with zero attached hydrogens (tertiary/aromatic N) is 5. The van der Waals surface area contributed by atoms with Gasteiger partial charge in [-0.2, -0.15) is 0 Å². The molecule has 0 aromatic carbocycles. The molecule has 4 heterocycles. The first kappa shape index (κ1) is 15.0. The van der Waals surface area contributed by atoms with Crippen LogP contribution in [0.2, 0.25) is 0 Å². The van der Waals surface area contributed by atoms with E-state index in [1.54, 1.807) is 0 Å². The molecule has 5 nitrogen and oxygen atoms in total. The molecule has 0 aliphatic carbocycles. The van der Waals surface area contributed by atoms with Crippen LogP contribution in [0.25, 0.3) is 16.8 Å². The molecule has 0 spiro atoms. The number of fused-ring (bicyclic) bond motifs is 3. The fraction of sp³-hybridized carbons (Fsp3) is 0.429. The van der Waals surface area contributed by atoms with Crippen LogP contribution in [-0.2, 0) is 0 Å². The zero-order valence-corrected chi connectivity index (χ0v) is 15.8. The molecular weight excluding hydrogens is 331 g/mol. The maximum Gasteiger partial charge on any atom is 0.160 e. The highest BCUT2D eigenvalue weighted by atomic mass is 32.0. The van der Waals surface area contributed by atoms with Crippen molar-refractivity contribution < 1.29 is 0 Å². The van der Waals surface area contributed by atoms with Gasteiger partial charge in [0.15, 0.2) is 11.3 Å². The topological polar surface area (TPSA) is 38.4 Å². The summed E-state index contributed by atoms with van der Waals surface area (Å²) in [6, 6.07) is 2.16. The molecule has 0 N–H and O–H groups in total. The van der Waals surface area contributed by atoms with Crippen LogP contribution in [0.4, 0.5) is 0 Å². The van der Waals surface area contributed by atoms with E-state index in [2.05, 4.69) is 60.9 Å². The Balaban J connectivity index is 1.93. The molecule has 8 heteroatoms. The van der Waals surface area contributed by atoms with Gasteiger partial charge in [0, 0.05) is 45.5 Å². The van der Waals surface area contributed by atoms with E-state index < -0.39 is 0 Å². The standard InChI is InChI=1S/C14H20N5P3/c1-2-9-7-17(20)8-10(9)12-5-15-13-6-16-14-11(19(12)13)3-4-18(14)22-21/h3-6,9-10,22H,2,7-8,20-21H2,1H3/t9-,10?/m1/s1. The van der Waals surface area contributed by atoms with Gasteiger partial charge in [-0.15, -0.1) is 0 Å². The molecule has 4 unspecified atom stereocenters. The van der Waals surface area contributed by atoms with Crippen LogP contribution < -0.4 is 0 Å². The fourth-order valence-corrected chi connectivity index (χ4v) is 5.17. The summed E-state index contributed by atoms with van der Waals surface area (Å²) in [5, 5.41) is 0. The molecule has 4 rings (SSSR count). The lowest BCUT2D eigenvalue weighted by atomic mass is 9.91. The molecule has 0 bridgehead atoms. The summed E-state index contributed by atoms with van der Waals surface area (Å²) < 4.78 is 6.84. The van der Waals surface area contributed by atoms with Gasteiger partial charge in [0.2, 0.25) is 0 Å². The molecule has 0 amide bonds. The largest absolute Gasteiger partial charge is 0.309 e. The van der Waals surface area contributed by atoms with Crippen molar-refractivity contribution in [3.05, 3.63) is 30.4 Å². The van der Waals surface area contributed by atoms with Crippen molar-refractivity contribution in [3.63, 3.8) is 0 Å². The van der Waals surface area contributed by atoms with E-state index in [-0.39, 0.29) is 0 Å². The minimum absolute atomic E-state index is 0.532. The Morgan fingerprint density at radius 1 is 1.32 bits per heavy atom. The number of aromatic nitrogens is 4. The van der Waals surface area contributed by atoms with Gasteiger partial charge in [0.1, 0.15) is 0 Å². The maximum absolute atomic E-state index is 4.61. The quantitative estimate of drug-likeness (QED) is 0.681. The molecule has 1 aliphatic heterocycles. The molecule has 0 saturated carbocycles. The average Bonchev–Trinajstić information content (AvgIpc) is 3.20. The van der Waals surface area contributed by atoms with E-state index in [0.29, 0.717) is 20.3 Å². The lowest BCUT2D eigenvalue weighted by molar-refractivity contribution is 0.482. The highest BCUT2D eigenvalue weighted by molar-refractivity contribution is 8.02. The van der Waals surface area contributed by atoms with Crippen molar-refractivity contribution in [1.82, 2.24) is 23.4 Å². The third-order valence-corrected chi connectivity index (χ3v) is 6.61. The molecule has 0 radical (unpaired) electrons. The Kier molecular flexibility index (Phi) is 3.95. The molecule has 1 fully saturated rings. The number of hydrogen-bond donors (Lipinski definition) is 0. The summed E-state index contributed by atoms with van der Waals surface area (Å²) in [6.07, 6.45) is 7.25. The lowest BCUT2D eigenvalue weighted by Crippen LogP contribution is -2.12. The Morgan fingerprint density at radius 2 is 2.18 bits per heavy atom. The third-order valence-electron chi connectivity index (χ3n) is 4.71. The number of rotatable bonds is 3. The maximum atomic E-state index is 4.61. The number of imidazole rings is 1. The first-order chi connectivity index (χ1) is 10.7. The fourth-order valence-electron chi connectivity index (χ4n) is 3.59. The van der Waals surface area contributed by atoms with E-state index in [1.165, 1.54) is 12.1 Å². The predicted octanol–water partition coefficient (Wildman–Crippen LogP) is 3.13. The summed E-state index contributed by atoms with van der Waals surface area (Å²) in [5.41, 5.74) is 4.47. The molecule has 5 atom stereocenters. The van der Waals surface area contributed by atoms with Crippen molar-refractivity contribution in [3.8, 4) is 0 Å². The molecule has 1 saturated heterocycles. The molecule has 22 heavy (non-hydrogen) atoms. The van der Waals surface area contributed by atoms with E-state index in [1.807, 2.05) is 12.4 Å². The van der Waals surface area contributed by atoms with Crippen LogP contribution in [0.1, 0.15) is 25.0 Å². The second-order valence-corrected chi connectivity index (χ2v) is 8.13. The monoisotopic (exact) mass is 351 g/mol. The zero-order valence-electron chi connectivity index (χ0n) is 12.5. The third kappa shape index (κ3) is 2.22. The first-order valence-electron chi connectivity index (χ1n) is 7.52. The Bertz CT molecular complexity index is 826. The highest BCUT2D eigenvalue weighted by Crippen LogP contribution is 2.37. The molecular formula is C14H20N5P3. The van der Waals surface area contributed by atoms with Crippen LogP contribution in [-0.4, -0.2) is 36.5 Å². The Morgan fingerprint density at radius 3 is 2.95 bits per heavy atom. The Hall–Kier alpha value is -0.590. The molecule has 3 aromatic heterocycles. The Labute approximate surface area is 136 Å². The summed E-state index contributed by atoms with van der Waals surface area (Å²) in [5.74, 6) is 1.22.